The molecule has 0 aliphatic carbocycles. The molecular formula is C16H26ClN3O. The number of anilines is 1. The fraction of sp³-hybridized carbons (Fsp3) is 0.562. The molecule has 21 heavy (non-hydrogen) atoms. The van der Waals surface area contributed by atoms with E-state index in [1.165, 1.54) is 0 Å². The largest absolute Gasteiger partial charge is 0.365 e. The predicted molar refractivity (Wildman–Crippen MR) is 90.0 cm³/mol. The highest BCUT2D eigenvalue weighted by Crippen LogP contribution is 2.23. The van der Waals surface area contributed by atoms with Gasteiger partial charge in [0.25, 0.3) is 0 Å². The van der Waals surface area contributed by atoms with Crippen LogP contribution in [-0.2, 0) is 11.3 Å². The average Bonchev–Trinajstić information content (AvgIpc) is 2.35. The van der Waals surface area contributed by atoms with E-state index in [9.17, 15) is 4.79 Å². The normalized spacial score (nSPS) is 11.0. The van der Waals surface area contributed by atoms with Crippen molar-refractivity contribution in [3.8, 4) is 0 Å². The standard InChI is InChI=1S/C16H26ClN3O/c1-11(2)18-9-13-6-7-14(8-15(13)17)20(5)10-16(21)19-12(3)4/h6-8,11-12,18H,9-10H2,1-5H3,(H,19,21). The smallest absolute Gasteiger partial charge is 0.239 e. The van der Waals surface area contributed by atoms with Gasteiger partial charge in [0.05, 0.1) is 6.54 Å². The highest BCUT2D eigenvalue weighted by Gasteiger charge is 2.10. The summed E-state index contributed by atoms with van der Waals surface area (Å²) in [4.78, 5) is 13.7. The van der Waals surface area contributed by atoms with Crippen LogP contribution in [-0.4, -0.2) is 31.6 Å². The molecule has 1 aromatic carbocycles. The van der Waals surface area contributed by atoms with Crippen LogP contribution in [0.3, 0.4) is 0 Å². The number of nitrogens with zero attached hydrogens (tertiary/aromatic N) is 1. The molecule has 0 fully saturated rings. The Hall–Kier alpha value is -1.26. The molecule has 2 N–H and O–H groups in total. The molecule has 5 heteroatoms. The zero-order chi connectivity index (χ0) is 16.0. The summed E-state index contributed by atoms with van der Waals surface area (Å²) < 4.78 is 0. The van der Waals surface area contributed by atoms with Gasteiger partial charge < -0.3 is 15.5 Å². The quantitative estimate of drug-likeness (QED) is 0.814. The Labute approximate surface area is 132 Å². The van der Waals surface area contributed by atoms with E-state index in [0.717, 1.165) is 22.8 Å². The van der Waals surface area contributed by atoms with E-state index in [-0.39, 0.29) is 11.9 Å². The molecule has 0 atom stereocenters. The minimum absolute atomic E-state index is 0.00849. The van der Waals surface area contributed by atoms with Crippen molar-refractivity contribution in [1.82, 2.24) is 10.6 Å². The molecule has 1 rings (SSSR count). The Morgan fingerprint density at radius 2 is 1.90 bits per heavy atom. The molecule has 1 aromatic rings. The van der Waals surface area contributed by atoms with E-state index in [2.05, 4.69) is 24.5 Å². The summed E-state index contributed by atoms with van der Waals surface area (Å²) in [5.74, 6) is 0.00849. The molecule has 0 bridgehead atoms. The summed E-state index contributed by atoms with van der Waals surface area (Å²) in [6.45, 7) is 9.16. The van der Waals surface area contributed by atoms with Crippen molar-refractivity contribution in [2.24, 2.45) is 0 Å². The molecule has 0 radical (unpaired) electrons. The Morgan fingerprint density at radius 1 is 1.24 bits per heavy atom. The second-order valence-electron chi connectivity index (χ2n) is 5.89. The Morgan fingerprint density at radius 3 is 2.43 bits per heavy atom. The average molecular weight is 312 g/mol. The first-order chi connectivity index (χ1) is 9.79. The lowest BCUT2D eigenvalue weighted by molar-refractivity contribution is -0.120. The molecule has 0 heterocycles. The van der Waals surface area contributed by atoms with Crippen LogP contribution in [0.4, 0.5) is 5.69 Å². The number of amides is 1. The minimum Gasteiger partial charge on any atom is -0.365 e. The Kier molecular flexibility index (Phi) is 6.99. The highest BCUT2D eigenvalue weighted by molar-refractivity contribution is 6.31. The summed E-state index contributed by atoms with van der Waals surface area (Å²) in [5, 5.41) is 6.94. The van der Waals surface area contributed by atoms with Gasteiger partial charge in [0.2, 0.25) is 5.91 Å². The number of likely N-dealkylation sites (N-methyl/N-ethyl adjacent to an activating group) is 1. The Bertz CT molecular complexity index is 475. The van der Waals surface area contributed by atoms with E-state index < -0.39 is 0 Å². The third-order valence-corrected chi connectivity index (χ3v) is 3.36. The summed E-state index contributed by atoms with van der Waals surface area (Å²) in [7, 11) is 1.89. The SMILES string of the molecule is CC(C)NCc1ccc(N(C)CC(=O)NC(C)C)cc1Cl. The summed E-state index contributed by atoms with van der Waals surface area (Å²) in [6, 6.07) is 6.47. The van der Waals surface area contributed by atoms with E-state index in [4.69, 9.17) is 11.6 Å². The highest BCUT2D eigenvalue weighted by atomic mass is 35.5. The summed E-state index contributed by atoms with van der Waals surface area (Å²) in [6.07, 6.45) is 0. The fourth-order valence-corrected chi connectivity index (χ4v) is 2.15. The van der Waals surface area contributed by atoms with Crippen LogP contribution < -0.4 is 15.5 Å². The van der Waals surface area contributed by atoms with E-state index in [0.29, 0.717) is 12.6 Å². The van der Waals surface area contributed by atoms with E-state index >= 15 is 0 Å². The maximum absolute atomic E-state index is 11.8. The van der Waals surface area contributed by atoms with Gasteiger partial charge in [-0.25, -0.2) is 0 Å². The van der Waals surface area contributed by atoms with Gasteiger partial charge in [-0.05, 0) is 31.5 Å². The van der Waals surface area contributed by atoms with Crippen molar-refractivity contribution in [1.29, 1.82) is 0 Å². The Balaban J connectivity index is 2.67. The molecule has 0 spiro atoms. The molecule has 0 saturated carbocycles. The van der Waals surface area contributed by atoms with E-state index in [1.807, 2.05) is 44.0 Å². The minimum atomic E-state index is 0.00849. The topological polar surface area (TPSA) is 44.4 Å². The first-order valence-electron chi connectivity index (χ1n) is 7.32. The molecule has 0 unspecified atom stereocenters. The summed E-state index contributed by atoms with van der Waals surface area (Å²) in [5.41, 5.74) is 2.00. The van der Waals surface area contributed by atoms with Crippen LogP contribution in [0.1, 0.15) is 33.3 Å². The second kappa shape index (κ2) is 8.25. The van der Waals surface area contributed by atoms with Crippen molar-refractivity contribution >= 4 is 23.2 Å². The first-order valence-corrected chi connectivity index (χ1v) is 7.69. The van der Waals surface area contributed by atoms with Crippen LogP contribution in [0.15, 0.2) is 18.2 Å². The third kappa shape index (κ3) is 6.36. The van der Waals surface area contributed by atoms with Gasteiger partial charge in [-0.3, -0.25) is 4.79 Å². The monoisotopic (exact) mass is 311 g/mol. The molecular weight excluding hydrogens is 286 g/mol. The van der Waals surface area contributed by atoms with Gasteiger partial charge in [-0.1, -0.05) is 31.5 Å². The van der Waals surface area contributed by atoms with Crippen molar-refractivity contribution in [2.75, 3.05) is 18.5 Å². The van der Waals surface area contributed by atoms with Gasteiger partial charge in [0.15, 0.2) is 0 Å². The van der Waals surface area contributed by atoms with Gasteiger partial charge in [-0.15, -0.1) is 0 Å². The molecule has 0 aliphatic heterocycles. The zero-order valence-corrected chi connectivity index (χ0v) is 14.3. The van der Waals surface area contributed by atoms with Crippen LogP contribution in [0.25, 0.3) is 0 Å². The predicted octanol–water partition coefficient (Wildman–Crippen LogP) is 2.80. The van der Waals surface area contributed by atoms with Crippen molar-refractivity contribution in [3.05, 3.63) is 28.8 Å². The second-order valence-corrected chi connectivity index (χ2v) is 6.30. The number of benzene rings is 1. The van der Waals surface area contributed by atoms with Crippen molar-refractivity contribution in [3.63, 3.8) is 0 Å². The first kappa shape index (κ1) is 17.8. The number of halogens is 1. The lowest BCUT2D eigenvalue weighted by atomic mass is 10.2. The van der Waals surface area contributed by atoms with Gasteiger partial charge in [-0.2, -0.15) is 0 Å². The molecule has 0 aromatic heterocycles. The maximum Gasteiger partial charge on any atom is 0.239 e. The maximum atomic E-state index is 11.8. The van der Waals surface area contributed by atoms with Crippen LogP contribution >= 0.6 is 11.6 Å². The molecule has 0 saturated heterocycles. The third-order valence-electron chi connectivity index (χ3n) is 3.01. The van der Waals surface area contributed by atoms with Crippen molar-refractivity contribution < 1.29 is 4.79 Å². The molecule has 118 valence electrons. The lowest BCUT2D eigenvalue weighted by Gasteiger charge is -2.21. The number of hydrogen-bond donors (Lipinski definition) is 2. The molecule has 0 aliphatic rings. The molecule has 4 nitrogen and oxygen atoms in total. The van der Waals surface area contributed by atoms with Gasteiger partial charge in [0.1, 0.15) is 0 Å². The molecule has 1 amide bonds. The van der Waals surface area contributed by atoms with Crippen LogP contribution in [0, 0.1) is 0 Å². The van der Waals surface area contributed by atoms with Crippen molar-refractivity contribution in [2.45, 2.75) is 46.3 Å². The number of carbonyl (C=O) groups excluding carboxylic acids is 1. The van der Waals surface area contributed by atoms with E-state index in [1.54, 1.807) is 0 Å². The summed E-state index contributed by atoms with van der Waals surface area (Å²) >= 11 is 6.31. The number of hydrogen-bond acceptors (Lipinski definition) is 3. The lowest BCUT2D eigenvalue weighted by Crippen LogP contribution is -2.38. The number of carbonyl (C=O) groups is 1. The van der Waals surface area contributed by atoms with Crippen LogP contribution in [0.2, 0.25) is 5.02 Å². The van der Waals surface area contributed by atoms with Gasteiger partial charge in [0, 0.05) is 36.4 Å². The van der Waals surface area contributed by atoms with Crippen LogP contribution in [0.5, 0.6) is 0 Å². The number of rotatable bonds is 7. The zero-order valence-electron chi connectivity index (χ0n) is 13.5. The van der Waals surface area contributed by atoms with Gasteiger partial charge >= 0.3 is 0 Å². The number of nitrogens with one attached hydrogen (secondary N) is 2. The fourth-order valence-electron chi connectivity index (χ4n) is 1.91.